The molecule has 12 heteroatoms. The van der Waals surface area contributed by atoms with Crippen LogP contribution in [0.1, 0.15) is 36.2 Å². The van der Waals surface area contributed by atoms with Gasteiger partial charge in [-0.05, 0) is 37.0 Å². The van der Waals surface area contributed by atoms with Crippen molar-refractivity contribution in [2.24, 2.45) is 0 Å². The topological polar surface area (TPSA) is 120 Å². The smallest absolute Gasteiger partial charge is 0.443 e. The molecule has 2 aliphatic rings. The number of hydrogen-bond acceptors (Lipinski definition) is 7. The van der Waals surface area contributed by atoms with Gasteiger partial charge in [0.25, 0.3) is 0 Å². The van der Waals surface area contributed by atoms with Crippen molar-refractivity contribution in [1.82, 2.24) is 20.6 Å². The van der Waals surface area contributed by atoms with Crippen molar-refractivity contribution < 1.29 is 27.5 Å². The van der Waals surface area contributed by atoms with Crippen molar-refractivity contribution in [2.45, 2.75) is 31.9 Å². The number of amides is 2. The van der Waals surface area contributed by atoms with Crippen LogP contribution in [0.25, 0.3) is 0 Å². The quantitative estimate of drug-likeness (QED) is 0.441. The molecule has 0 aliphatic carbocycles. The van der Waals surface area contributed by atoms with Gasteiger partial charge >= 0.3 is 6.18 Å². The standard InChI is InChI=1S/C14H15F3N4O2.C10H10N2O/c15-14(16,17)13-19-10(21-5-1-2-6-21)8-12(20-13)23-9-3-4-18-11(22)7-9;11-7-10-3-1-9(2-4-10)5-6-12-8-13/h7-8H,1-6H2,(H,18,22);1-4,8H,5-6H2,(H,12,13). The van der Waals surface area contributed by atoms with Gasteiger partial charge in [0.2, 0.25) is 24.0 Å². The number of hydrogen-bond donors (Lipinski definition) is 2. The summed E-state index contributed by atoms with van der Waals surface area (Å²) in [5.74, 6) is -1.29. The second-order valence-corrected chi connectivity index (χ2v) is 7.96. The minimum atomic E-state index is -4.66. The highest BCUT2D eigenvalue weighted by molar-refractivity contribution is 5.88. The van der Waals surface area contributed by atoms with Crippen molar-refractivity contribution in [2.75, 3.05) is 31.1 Å². The fourth-order valence-corrected chi connectivity index (χ4v) is 3.51. The van der Waals surface area contributed by atoms with E-state index in [0.29, 0.717) is 44.6 Å². The maximum Gasteiger partial charge on any atom is 0.451 e. The van der Waals surface area contributed by atoms with Crippen molar-refractivity contribution >= 4 is 18.1 Å². The first kappa shape index (κ1) is 26.5. The Kier molecular flexibility index (Phi) is 9.21. The predicted octanol–water partition coefficient (Wildman–Crippen LogP) is 2.72. The summed E-state index contributed by atoms with van der Waals surface area (Å²) in [4.78, 5) is 30.0. The number of halogens is 3. The molecule has 0 bridgehead atoms. The monoisotopic (exact) mass is 502 g/mol. The van der Waals surface area contributed by atoms with E-state index in [2.05, 4.69) is 20.6 Å². The average molecular weight is 502 g/mol. The SMILES string of the molecule is N#Cc1ccc(CCNC=O)cc1.O=C1C=C(Oc2cc(N3CCCC3)nc(C(F)(F)F)n2)CCN1. The molecular formula is C24H25F3N6O3. The third kappa shape index (κ3) is 7.97. The third-order valence-corrected chi connectivity index (χ3v) is 5.30. The van der Waals surface area contributed by atoms with Gasteiger partial charge in [0, 0.05) is 44.7 Å². The second kappa shape index (κ2) is 12.5. The van der Waals surface area contributed by atoms with E-state index in [9.17, 15) is 22.8 Å². The summed E-state index contributed by atoms with van der Waals surface area (Å²) in [5.41, 5.74) is 1.78. The van der Waals surface area contributed by atoms with Crippen molar-refractivity contribution in [3.63, 3.8) is 0 Å². The van der Waals surface area contributed by atoms with E-state index >= 15 is 0 Å². The van der Waals surface area contributed by atoms with Gasteiger partial charge in [0.05, 0.1) is 11.6 Å². The highest BCUT2D eigenvalue weighted by atomic mass is 19.4. The molecule has 0 saturated carbocycles. The van der Waals surface area contributed by atoms with E-state index in [1.165, 1.54) is 12.1 Å². The fraction of sp³-hybridized carbons (Fsp3) is 0.375. The lowest BCUT2D eigenvalue weighted by atomic mass is 10.1. The van der Waals surface area contributed by atoms with Gasteiger partial charge in [0.15, 0.2) is 0 Å². The van der Waals surface area contributed by atoms with Crippen LogP contribution in [0.5, 0.6) is 5.88 Å². The van der Waals surface area contributed by atoms with Gasteiger partial charge in [-0.25, -0.2) is 4.98 Å². The van der Waals surface area contributed by atoms with E-state index in [4.69, 9.17) is 10.00 Å². The normalized spacial score (nSPS) is 15.1. The lowest BCUT2D eigenvalue weighted by Crippen LogP contribution is -2.28. The van der Waals surface area contributed by atoms with Crippen LogP contribution in [-0.4, -0.2) is 48.5 Å². The van der Waals surface area contributed by atoms with Crippen LogP contribution in [0.15, 0.2) is 42.2 Å². The Morgan fingerprint density at radius 2 is 1.92 bits per heavy atom. The Bertz CT molecular complexity index is 1120. The Balaban J connectivity index is 0.000000236. The van der Waals surface area contributed by atoms with Gasteiger partial charge in [-0.1, -0.05) is 12.1 Å². The van der Waals surface area contributed by atoms with Crippen molar-refractivity contribution in [1.29, 1.82) is 5.26 Å². The number of rotatable bonds is 7. The number of nitrogens with zero attached hydrogens (tertiary/aromatic N) is 4. The molecular weight excluding hydrogens is 477 g/mol. The summed E-state index contributed by atoms with van der Waals surface area (Å²) >= 11 is 0. The Hall–Kier alpha value is -4.14. The number of carbonyl (C=O) groups is 2. The number of ether oxygens (including phenoxy) is 1. The first-order chi connectivity index (χ1) is 17.3. The Morgan fingerprint density at radius 3 is 2.53 bits per heavy atom. The van der Waals surface area contributed by atoms with Gasteiger partial charge in [-0.2, -0.15) is 23.4 Å². The molecule has 4 rings (SSSR count). The number of anilines is 1. The summed E-state index contributed by atoms with van der Waals surface area (Å²) < 4.78 is 44.4. The number of carbonyl (C=O) groups excluding carboxylic acids is 2. The first-order valence-electron chi connectivity index (χ1n) is 11.3. The minimum Gasteiger partial charge on any atom is -0.443 e. The van der Waals surface area contributed by atoms with E-state index in [1.807, 2.05) is 18.2 Å². The summed E-state index contributed by atoms with van der Waals surface area (Å²) in [7, 11) is 0. The molecule has 9 nitrogen and oxygen atoms in total. The molecule has 2 N–H and O–H groups in total. The van der Waals surface area contributed by atoms with Crippen molar-refractivity contribution in [3.05, 3.63) is 59.1 Å². The lowest BCUT2D eigenvalue weighted by Gasteiger charge is -2.19. The van der Waals surface area contributed by atoms with Crippen molar-refractivity contribution in [3.8, 4) is 11.9 Å². The Morgan fingerprint density at radius 1 is 1.19 bits per heavy atom. The summed E-state index contributed by atoms with van der Waals surface area (Å²) in [6.07, 6.45) is 0.255. The van der Waals surface area contributed by atoms with Crippen LogP contribution >= 0.6 is 0 Å². The van der Waals surface area contributed by atoms with Crippen LogP contribution in [0.3, 0.4) is 0 Å². The van der Waals surface area contributed by atoms with E-state index in [1.54, 1.807) is 17.0 Å². The maximum absolute atomic E-state index is 13.0. The highest BCUT2D eigenvalue weighted by Crippen LogP contribution is 2.31. The number of benzene rings is 1. The molecule has 0 atom stereocenters. The summed E-state index contributed by atoms with van der Waals surface area (Å²) in [6, 6.07) is 10.8. The van der Waals surface area contributed by atoms with E-state index in [0.717, 1.165) is 24.8 Å². The molecule has 2 amide bonds. The second-order valence-electron chi connectivity index (χ2n) is 7.96. The number of nitrogens with one attached hydrogen (secondary N) is 2. The fourth-order valence-electron chi connectivity index (χ4n) is 3.51. The molecule has 190 valence electrons. The largest absolute Gasteiger partial charge is 0.451 e. The average Bonchev–Trinajstić information content (AvgIpc) is 3.40. The number of nitriles is 1. The summed E-state index contributed by atoms with van der Waals surface area (Å²) in [6.45, 7) is 2.31. The van der Waals surface area contributed by atoms with Gasteiger partial charge in [-0.3, -0.25) is 9.59 Å². The zero-order valence-corrected chi connectivity index (χ0v) is 19.3. The zero-order valence-electron chi connectivity index (χ0n) is 19.3. The van der Waals surface area contributed by atoms with Crippen LogP contribution < -0.4 is 20.3 Å². The lowest BCUT2D eigenvalue weighted by molar-refractivity contribution is -0.145. The molecule has 1 fully saturated rings. The van der Waals surface area contributed by atoms with Crippen LogP contribution in [-0.2, 0) is 22.2 Å². The number of aromatic nitrogens is 2. The molecule has 0 unspecified atom stereocenters. The van der Waals surface area contributed by atoms with E-state index < -0.39 is 12.0 Å². The molecule has 36 heavy (non-hydrogen) atoms. The van der Waals surface area contributed by atoms with Crippen LogP contribution in [0.2, 0.25) is 0 Å². The van der Waals surface area contributed by atoms with Gasteiger partial charge < -0.3 is 20.3 Å². The molecule has 1 saturated heterocycles. The molecule has 2 aliphatic heterocycles. The van der Waals surface area contributed by atoms with E-state index in [-0.39, 0.29) is 23.4 Å². The van der Waals surface area contributed by atoms with Crippen LogP contribution in [0, 0.1) is 11.3 Å². The molecule has 0 spiro atoms. The first-order valence-corrected chi connectivity index (χ1v) is 11.3. The minimum absolute atomic E-state index is 0.195. The number of alkyl halides is 3. The Labute approximate surface area is 206 Å². The molecule has 0 radical (unpaired) electrons. The molecule has 3 heterocycles. The zero-order chi connectivity index (χ0) is 26.0. The maximum atomic E-state index is 13.0. The van der Waals surface area contributed by atoms with Gasteiger partial charge in [-0.15, -0.1) is 0 Å². The third-order valence-electron chi connectivity index (χ3n) is 5.30. The molecule has 1 aromatic carbocycles. The highest BCUT2D eigenvalue weighted by Gasteiger charge is 2.36. The predicted molar refractivity (Wildman–Crippen MR) is 124 cm³/mol. The summed E-state index contributed by atoms with van der Waals surface area (Å²) in [5, 5.41) is 13.7. The molecule has 2 aromatic rings. The van der Waals surface area contributed by atoms with Gasteiger partial charge in [0.1, 0.15) is 11.6 Å². The van der Waals surface area contributed by atoms with Crippen LogP contribution in [0.4, 0.5) is 19.0 Å². The molecule has 1 aromatic heterocycles.